The Hall–Kier alpha value is -3.55. The number of nitrogens with one attached hydrogen (secondary N) is 3. The van der Waals surface area contributed by atoms with Gasteiger partial charge in [0.1, 0.15) is 6.04 Å². The zero-order valence-electron chi connectivity index (χ0n) is 20.3. The Labute approximate surface area is 204 Å². The van der Waals surface area contributed by atoms with Crippen LogP contribution in [0, 0.1) is 11.8 Å². The highest BCUT2D eigenvalue weighted by Crippen LogP contribution is 2.34. The lowest BCUT2D eigenvalue weighted by Crippen LogP contribution is -2.57. The van der Waals surface area contributed by atoms with Gasteiger partial charge in [0.2, 0.25) is 5.91 Å². The van der Waals surface area contributed by atoms with Gasteiger partial charge in [-0.05, 0) is 42.4 Å². The number of likely N-dealkylation sites (tertiary alicyclic amines) is 1. The van der Waals surface area contributed by atoms with Gasteiger partial charge in [-0.3, -0.25) is 9.59 Å². The maximum atomic E-state index is 13.2. The third kappa shape index (κ3) is 4.70. The van der Waals surface area contributed by atoms with Crippen molar-refractivity contribution >= 4 is 22.8 Å². The molecule has 0 saturated carbocycles. The summed E-state index contributed by atoms with van der Waals surface area (Å²) < 4.78 is 1.85. The van der Waals surface area contributed by atoms with Crippen molar-refractivity contribution in [1.82, 2.24) is 25.1 Å². The highest BCUT2D eigenvalue weighted by Gasteiger charge is 2.37. The van der Waals surface area contributed by atoms with E-state index in [2.05, 4.69) is 21.7 Å². The van der Waals surface area contributed by atoms with Crippen LogP contribution in [0.3, 0.4) is 0 Å². The Balaban J connectivity index is 1.19. The molecule has 8 heteroatoms. The minimum atomic E-state index is -0.609. The zero-order chi connectivity index (χ0) is 24.5. The summed E-state index contributed by atoms with van der Waals surface area (Å²) in [4.78, 5) is 43.5. The average Bonchev–Trinajstić information content (AvgIpc) is 3.26. The molecule has 184 valence electrons. The molecule has 35 heavy (non-hydrogen) atoms. The number of H-pyrrole nitrogens is 1. The van der Waals surface area contributed by atoms with E-state index in [0.717, 1.165) is 28.6 Å². The molecule has 1 saturated heterocycles. The Morgan fingerprint density at radius 3 is 2.74 bits per heavy atom. The summed E-state index contributed by atoms with van der Waals surface area (Å²) in [6.45, 7) is 6.17. The number of hydrogen-bond acceptors (Lipinski definition) is 3. The molecule has 3 atom stereocenters. The molecule has 3 aromatic rings. The van der Waals surface area contributed by atoms with E-state index in [9.17, 15) is 14.4 Å². The number of nitrogens with zero attached hydrogens (tertiary/aromatic N) is 2. The van der Waals surface area contributed by atoms with Crippen LogP contribution in [0.15, 0.2) is 53.5 Å². The summed E-state index contributed by atoms with van der Waals surface area (Å²) in [6.07, 6.45) is 3.68. The fourth-order valence-electron chi connectivity index (χ4n) is 5.59. The van der Waals surface area contributed by atoms with E-state index >= 15 is 0 Å². The van der Waals surface area contributed by atoms with Crippen molar-refractivity contribution in [3.05, 3.63) is 70.3 Å². The number of hydrogen-bond donors (Lipinski definition) is 3. The number of para-hydroxylation sites is 1. The van der Waals surface area contributed by atoms with Crippen LogP contribution in [0.5, 0.6) is 0 Å². The van der Waals surface area contributed by atoms with Gasteiger partial charge in [0.15, 0.2) is 0 Å². The first kappa shape index (κ1) is 23.2. The minimum absolute atomic E-state index is 0.0271. The van der Waals surface area contributed by atoms with Crippen molar-refractivity contribution in [1.29, 1.82) is 0 Å². The van der Waals surface area contributed by atoms with Crippen molar-refractivity contribution in [3.63, 3.8) is 0 Å². The number of amides is 3. The topological polar surface area (TPSA) is 99.2 Å². The van der Waals surface area contributed by atoms with Crippen molar-refractivity contribution in [2.45, 2.75) is 45.2 Å². The molecule has 0 radical (unpaired) electrons. The van der Waals surface area contributed by atoms with Gasteiger partial charge in [-0.1, -0.05) is 38.1 Å². The van der Waals surface area contributed by atoms with Gasteiger partial charge in [0.25, 0.3) is 5.56 Å². The molecule has 2 aromatic heterocycles. The first-order valence-corrected chi connectivity index (χ1v) is 12.5. The molecule has 0 spiro atoms. The van der Waals surface area contributed by atoms with E-state index in [4.69, 9.17) is 0 Å². The Morgan fingerprint density at radius 1 is 1.09 bits per heavy atom. The van der Waals surface area contributed by atoms with Gasteiger partial charge in [0.05, 0.1) is 0 Å². The SMILES string of the molecule is CC(C)[C@H](NC(=O)N1C[C@@H]2C[C@@H](C1)c1cccc(=O)n1C2)C(=O)NCCc1c[nH]c2ccccc12. The quantitative estimate of drug-likeness (QED) is 0.511. The van der Waals surface area contributed by atoms with Crippen LogP contribution < -0.4 is 16.2 Å². The molecule has 5 rings (SSSR count). The van der Waals surface area contributed by atoms with Gasteiger partial charge in [-0.25, -0.2) is 4.79 Å². The third-order valence-electron chi connectivity index (χ3n) is 7.36. The van der Waals surface area contributed by atoms with Crippen LogP contribution in [0.1, 0.15) is 37.4 Å². The number of pyridine rings is 1. The number of rotatable bonds is 6. The second kappa shape index (κ2) is 9.60. The number of carbonyl (C=O) groups excluding carboxylic acids is 2. The highest BCUT2D eigenvalue weighted by atomic mass is 16.2. The lowest BCUT2D eigenvalue weighted by Gasteiger charge is -2.43. The Bertz CT molecular complexity index is 1290. The van der Waals surface area contributed by atoms with Crippen LogP contribution in [-0.2, 0) is 17.8 Å². The number of fused-ring (bicyclic) bond motifs is 5. The summed E-state index contributed by atoms with van der Waals surface area (Å²) in [5.74, 6) is 0.178. The van der Waals surface area contributed by atoms with Crippen LogP contribution >= 0.6 is 0 Å². The first-order valence-electron chi connectivity index (χ1n) is 12.5. The van der Waals surface area contributed by atoms with E-state index in [-0.39, 0.29) is 35.3 Å². The molecule has 8 nitrogen and oxygen atoms in total. The maximum absolute atomic E-state index is 13.2. The first-order chi connectivity index (χ1) is 16.9. The molecule has 2 aliphatic heterocycles. The van der Waals surface area contributed by atoms with E-state index < -0.39 is 6.04 Å². The largest absolute Gasteiger partial charge is 0.361 e. The average molecular weight is 476 g/mol. The van der Waals surface area contributed by atoms with Crippen LogP contribution in [-0.4, -0.2) is 52.1 Å². The second-order valence-corrected chi connectivity index (χ2v) is 10.2. The molecule has 1 fully saturated rings. The molecule has 3 N–H and O–H groups in total. The molecular weight excluding hydrogens is 442 g/mol. The molecule has 1 aromatic carbocycles. The number of aromatic amines is 1. The van der Waals surface area contributed by atoms with Crippen LogP contribution in [0.25, 0.3) is 10.9 Å². The Morgan fingerprint density at radius 2 is 1.91 bits per heavy atom. The highest BCUT2D eigenvalue weighted by molar-refractivity contribution is 5.87. The van der Waals surface area contributed by atoms with Gasteiger partial charge < -0.3 is 25.1 Å². The standard InChI is InChI=1S/C27H33N5O3/c1-17(2)25(26(34)28-11-10-19-13-29-22-7-4-3-6-21(19)22)30-27(35)31-14-18-12-20(16-31)23-8-5-9-24(33)32(23)15-18/h3-9,13,17-18,20,25,29H,10-12,14-16H2,1-2H3,(H,28,34)(H,30,35)/t18-,20-,25-/m0/s1. The summed E-state index contributed by atoms with van der Waals surface area (Å²) in [5, 5.41) is 7.16. The van der Waals surface area contributed by atoms with Gasteiger partial charge in [0, 0.05) is 61.0 Å². The normalized spacial score (nSPS) is 19.9. The number of benzene rings is 1. The number of aromatic nitrogens is 2. The van der Waals surface area contributed by atoms with Crippen LogP contribution in [0.2, 0.25) is 0 Å². The molecule has 0 aliphatic carbocycles. The van der Waals surface area contributed by atoms with Crippen LogP contribution in [0.4, 0.5) is 4.79 Å². The molecule has 0 unspecified atom stereocenters. The monoisotopic (exact) mass is 475 g/mol. The second-order valence-electron chi connectivity index (χ2n) is 10.2. The van der Waals surface area contributed by atoms with Crippen molar-refractivity contribution in [2.75, 3.05) is 19.6 Å². The predicted octanol–water partition coefficient (Wildman–Crippen LogP) is 2.84. The van der Waals surface area contributed by atoms with E-state index in [0.29, 0.717) is 32.6 Å². The summed E-state index contributed by atoms with van der Waals surface area (Å²) in [6, 6.07) is 12.7. The third-order valence-corrected chi connectivity index (χ3v) is 7.36. The zero-order valence-corrected chi connectivity index (χ0v) is 20.3. The van der Waals surface area contributed by atoms with Crippen molar-refractivity contribution in [3.8, 4) is 0 Å². The number of piperidine rings is 1. The maximum Gasteiger partial charge on any atom is 0.318 e. The Kier molecular flexibility index (Phi) is 6.36. The molecule has 4 heterocycles. The fourth-order valence-corrected chi connectivity index (χ4v) is 5.59. The fraction of sp³-hybridized carbons (Fsp3) is 0.444. The lowest BCUT2D eigenvalue weighted by atomic mass is 9.83. The van der Waals surface area contributed by atoms with Gasteiger partial charge in [-0.15, -0.1) is 0 Å². The van der Waals surface area contributed by atoms with Crippen molar-refractivity contribution in [2.24, 2.45) is 11.8 Å². The molecule has 2 aliphatic rings. The summed E-state index contributed by atoms with van der Waals surface area (Å²) in [5.41, 5.74) is 3.27. The van der Waals surface area contributed by atoms with E-state index in [1.807, 2.05) is 53.8 Å². The molecule has 3 amide bonds. The minimum Gasteiger partial charge on any atom is -0.361 e. The lowest BCUT2D eigenvalue weighted by molar-refractivity contribution is -0.123. The summed E-state index contributed by atoms with van der Waals surface area (Å²) >= 11 is 0. The predicted molar refractivity (Wildman–Crippen MR) is 135 cm³/mol. The smallest absolute Gasteiger partial charge is 0.318 e. The molecule has 2 bridgehead atoms. The van der Waals surface area contributed by atoms with Gasteiger partial charge >= 0.3 is 6.03 Å². The van der Waals surface area contributed by atoms with Crippen molar-refractivity contribution < 1.29 is 9.59 Å². The van der Waals surface area contributed by atoms with E-state index in [1.54, 1.807) is 12.1 Å². The molecular formula is C27H33N5O3. The summed E-state index contributed by atoms with van der Waals surface area (Å²) in [7, 11) is 0. The number of carbonyl (C=O) groups is 2. The van der Waals surface area contributed by atoms with E-state index in [1.165, 1.54) is 0 Å². The number of urea groups is 1. The van der Waals surface area contributed by atoms with Gasteiger partial charge in [-0.2, -0.15) is 0 Å².